The molecule has 1 nitrogen and oxygen atoms in total. The van der Waals surface area contributed by atoms with Crippen molar-refractivity contribution in [3.63, 3.8) is 0 Å². The molecular formula is C14H19BrO. The van der Waals surface area contributed by atoms with E-state index in [0.29, 0.717) is 5.41 Å². The first kappa shape index (κ1) is 12.1. The summed E-state index contributed by atoms with van der Waals surface area (Å²) in [4.78, 5) is 0. The highest BCUT2D eigenvalue weighted by atomic mass is 79.9. The molecule has 0 aromatic heterocycles. The Bertz CT molecular complexity index is 405. The molecule has 0 aliphatic heterocycles. The van der Waals surface area contributed by atoms with Crippen LogP contribution < -0.4 is 0 Å². The quantitative estimate of drug-likeness (QED) is 0.799. The number of benzene rings is 1. The van der Waals surface area contributed by atoms with Gasteiger partial charge in [0.1, 0.15) is 0 Å². The summed E-state index contributed by atoms with van der Waals surface area (Å²) in [6.07, 6.45) is 2.60. The van der Waals surface area contributed by atoms with Gasteiger partial charge in [-0.2, -0.15) is 0 Å². The van der Waals surface area contributed by atoms with E-state index in [1.807, 2.05) is 0 Å². The van der Waals surface area contributed by atoms with Crippen molar-refractivity contribution in [2.45, 2.75) is 44.6 Å². The molecule has 16 heavy (non-hydrogen) atoms. The Labute approximate surface area is 106 Å². The van der Waals surface area contributed by atoms with Crippen LogP contribution in [0.25, 0.3) is 0 Å². The monoisotopic (exact) mass is 282 g/mol. The van der Waals surface area contributed by atoms with Gasteiger partial charge in [-0.1, -0.05) is 28.9 Å². The molecule has 88 valence electrons. The van der Waals surface area contributed by atoms with E-state index in [1.54, 1.807) is 7.11 Å². The summed E-state index contributed by atoms with van der Waals surface area (Å²) in [6, 6.07) is 6.68. The molecule has 0 amide bonds. The van der Waals surface area contributed by atoms with E-state index in [4.69, 9.17) is 4.74 Å². The second-order valence-corrected chi connectivity index (χ2v) is 6.42. The minimum absolute atomic E-state index is 0.218. The van der Waals surface area contributed by atoms with Crippen LogP contribution >= 0.6 is 15.9 Å². The highest BCUT2D eigenvalue weighted by Crippen LogP contribution is 2.48. The zero-order valence-electron chi connectivity index (χ0n) is 10.4. The fourth-order valence-corrected chi connectivity index (χ4v) is 2.37. The Balaban J connectivity index is 2.44. The second kappa shape index (κ2) is 3.85. The second-order valence-electron chi connectivity index (χ2n) is 5.50. The van der Waals surface area contributed by atoms with Gasteiger partial charge in [-0.25, -0.2) is 0 Å². The number of rotatable bonds is 3. The predicted octanol–water partition coefficient (Wildman–Crippen LogP) is 4.38. The molecule has 1 aromatic carbocycles. The van der Waals surface area contributed by atoms with Gasteiger partial charge in [0.15, 0.2) is 0 Å². The van der Waals surface area contributed by atoms with Crippen LogP contribution in [-0.2, 0) is 15.8 Å². The molecule has 2 heteroatoms. The van der Waals surface area contributed by atoms with Crippen LogP contribution in [0.2, 0.25) is 0 Å². The summed E-state index contributed by atoms with van der Waals surface area (Å²) in [6.45, 7) is 6.54. The molecule has 1 aliphatic carbocycles. The lowest BCUT2D eigenvalue weighted by atomic mass is 9.91. The van der Waals surface area contributed by atoms with Gasteiger partial charge < -0.3 is 4.74 Å². The van der Waals surface area contributed by atoms with Crippen molar-refractivity contribution in [2.24, 2.45) is 0 Å². The molecule has 0 unspecified atom stereocenters. The van der Waals surface area contributed by atoms with E-state index in [9.17, 15) is 0 Å². The maximum atomic E-state index is 5.55. The molecule has 0 N–H and O–H groups in total. The summed E-state index contributed by atoms with van der Waals surface area (Å²) in [5, 5.41) is 0. The average molecular weight is 283 g/mol. The molecule has 1 saturated carbocycles. The zero-order valence-corrected chi connectivity index (χ0v) is 12.0. The van der Waals surface area contributed by atoms with E-state index < -0.39 is 0 Å². The molecule has 1 aromatic rings. The molecule has 2 rings (SSSR count). The average Bonchev–Trinajstić information content (AvgIpc) is 2.97. The van der Waals surface area contributed by atoms with Crippen LogP contribution in [0, 0.1) is 0 Å². The third-order valence-corrected chi connectivity index (χ3v) is 4.26. The fourth-order valence-electron chi connectivity index (χ4n) is 1.88. The predicted molar refractivity (Wildman–Crippen MR) is 70.8 cm³/mol. The number of halogens is 1. The zero-order chi connectivity index (χ0) is 12.0. The van der Waals surface area contributed by atoms with Crippen LogP contribution in [0.15, 0.2) is 22.7 Å². The summed E-state index contributed by atoms with van der Waals surface area (Å²) < 4.78 is 6.70. The lowest BCUT2D eigenvalue weighted by Gasteiger charge is -2.25. The van der Waals surface area contributed by atoms with Gasteiger partial charge >= 0.3 is 0 Å². The summed E-state index contributed by atoms with van der Waals surface area (Å²) >= 11 is 3.60. The van der Waals surface area contributed by atoms with Crippen molar-refractivity contribution in [1.82, 2.24) is 0 Å². The summed E-state index contributed by atoms with van der Waals surface area (Å²) in [5.74, 6) is 0. The number of methoxy groups -OCH3 is 1. The number of hydrogen-bond donors (Lipinski definition) is 0. The molecule has 0 bridgehead atoms. The van der Waals surface area contributed by atoms with Crippen LogP contribution in [0.5, 0.6) is 0 Å². The van der Waals surface area contributed by atoms with Crippen molar-refractivity contribution in [2.75, 3.05) is 7.11 Å². The van der Waals surface area contributed by atoms with E-state index in [2.05, 4.69) is 54.9 Å². The normalized spacial score (nSPS) is 18.6. The van der Waals surface area contributed by atoms with E-state index in [0.717, 1.165) is 4.47 Å². The maximum absolute atomic E-state index is 5.55. The number of ether oxygens (including phenoxy) is 1. The topological polar surface area (TPSA) is 9.23 Å². The number of hydrogen-bond acceptors (Lipinski definition) is 1. The van der Waals surface area contributed by atoms with Gasteiger partial charge in [-0.05, 0) is 55.4 Å². The minimum Gasteiger partial charge on any atom is -0.374 e. The summed E-state index contributed by atoms with van der Waals surface area (Å²) in [5.41, 5.74) is 2.86. The molecule has 0 heterocycles. The fraction of sp³-hybridized carbons (Fsp3) is 0.571. The molecule has 1 fully saturated rings. The van der Waals surface area contributed by atoms with Gasteiger partial charge in [0.25, 0.3) is 0 Å². The first-order valence-corrected chi connectivity index (χ1v) is 6.53. The molecular weight excluding hydrogens is 264 g/mol. The first-order chi connectivity index (χ1) is 7.37. The van der Waals surface area contributed by atoms with E-state index in [1.165, 1.54) is 24.0 Å². The van der Waals surface area contributed by atoms with Crippen LogP contribution in [0.3, 0.4) is 0 Å². The lowest BCUT2D eigenvalue weighted by Crippen LogP contribution is -2.20. The molecule has 0 saturated heterocycles. The van der Waals surface area contributed by atoms with Crippen molar-refractivity contribution in [1.29, 1.82) is 0 Å². The SMILES string of the molecule is COC(C)(C)c1cc(Br)cc(C2(C)CC2)c1. The van der Waals surface area contributed by atoms with Crippen molar-refractivity contribution < 1.29 is 4.74 Å². The molecule has 1 aliphatic rings. The minimum atomic E-state index is -0.218. The van der Waals surface area contributed by atoms with Gasteiger partial charge in [0.2, 0.25) is 0 Å². The molecule has 0 spiro atoms. The van der Waals surface area contributed by atoms with Gasteiger partial charge in [-0.3, -0.25) is 0 Å². The Morgan fingerprint density at radius 2 is 1.88 bits per heavy atom. The highest BCUT2D eigenvalue weighted by molar-refractivity contribution is 9.10. The van der Waals surface area contributed by atoms with Crippen molar-refractivity contribution >= 4 is 15.9 Å². The Kier molecular flexibility index (Phi) is 2.92. The molecule has 0 atom stereocenters. The maximum Gasteiger partial charge on any atom is 0.0872 e. The summed E-state index contributed by atoms with van der Waals surface area (Å²) in [7, 11) is 1.76. The Hall–Kier alpha value is -0.340. The molecule has 0 radical (unpaired) electrons. The largest absolute Gasteiger partial charge is 0.374 e. The van der Waals surface area contributed by atoms with Gasteiger partial charge in [-0.15, -0.1) is 0 Å². The standard InChI is InChI=1S/C14H19BrO/c1-13(2,16-4)10-7-11(9-12(15)8-10)14(3)5-6-14/h7-9H,5-6H2,1-4H3. The Morgan fingerprint density at radius 1 is 1.25 bits per heavy atom. The van der Waals surface area contributed by atoms with Crippen LogP contribution in [0.4, 0.5) is 0 Å². The van der Waals surface area contributed by atoms with Gasteiger partial charge in [0.05, 0.1) is 5.60 Å². The van der Waals surface area contributed by atoms with Crippen molar-refractivity contribution in [3.05, 3.63) is 33.8 Å². The highest BCUT2D eigenvalue weighted by Gasteiger charge is 2.39. The first-order valence-electron chi connectivity index (χ1n) is 5.74. The van der Waals surface area contributed by atoms with Crippen LogP contribution in [-0.4, -0.2) is 7.11 Å². The third kappa shape index (κ3) is 2.18. The van der Waals surface area contributed by atoms with Crippen molar-refractivity contribution in [3.8, 4) is 0 Å². The smallest absolute Gasteiger partial charge is 0.0872 e. The Morgan fingerprint density at radius 3 is 2.38 bits per heavy atom. The van der Waals surface area contributed by atoms with Crippen LogP contribution in [0.1, 0.15) is 44.7 Å². The third-order valence-electron chi connectivity index (χ3n) is 3.80. The van der Waals surface area contributed by atoms with Gasteiger partial charge in [0, 0.05) is 11.6 Å². The lowest BCUT2D eigenvalue weighted by molar-refractivity contribution is 0.0191. The van der Waals surface area contributed by atoms with E-state index >= 15 is 0 Å². The van der Waals surface area contributed by atoms with E-state index in [-0.39, 0.29) is 5.60 Å².